The molecule has 0 aliphatic heterocycles. The van der Waals surface area contributed by atoms with Crippen LogP contribution in [0.1, 0.15) is 58.7 Å². The highest BCUT2D eigenvalue weighted by Gasteiger charge is 2.19. The van der Waals surface area contributed by atoms with Crippen molar-refractivity contribution in [1.29, 1.82) is 0 Å². The summed E-state index contributed by atoms with van der Waals surface area (Å²) in [7, 11) is 0. The quantitative estimate of drug-likeness (QED) is 0.606. The van der Waals surface area contributed by atoms with Gasteiger partial charge in [-0.2, -0.15) is 0 Å². The maximum atomic E-state index is 12.5. The third-order valence-corrected chi connectivity index (χ3v) is 5.58. The summed E-state index contributed by atoms with van der Waals surface area (Å²) in [6.07, 6.45) is 2.31. The molecule has 2 heterocycles. The van der Waals surface area contributed by atoms with Crippen LogP contribution in [-0.2, 0) is 11.3 Å². The summed E-state index contributed by atoms with van der Waals surface area (Å²) in [5, 5.41) is 21.1. The Labute approximate surface area is 167 Å². The number of benzene rings is 1. The van der Waals surface area contributed by atoms with Crippen LogP contribution in [0.2, 0.25) is 0 Å². The van der Waals surface area contributed by atoms with Gasteiger partial charge in [0.25, 0.3) is 0 Å². The number of rotatable bonds is 8. The van der Waals surface area contributed by atoms with E-state index < -0.39 is 5.97 Å². The van der Waals surface area contributed by atoms with Crippen molar-refractivity contribution in [3.8, 4) is 0 Å². The lowest BCUT2D eigenvalue weighted by Gasteiger charge is -2.19. The summed E-state index contributed by atoms with van der Waals surface area (Å²) in [6, 6.07) is 12.0. The molecule has 0 fully saturated rings. The zero-order valence-electron chi connectivity index (χ0n) is 15.7. The van der Waals surface area contributed by atoms with Gasteiger partial charge in [-0.15, -0.1) is 16.4 Å². The zero-order valence-corrected chi connectivity index (χ0v) is 16.5. The molecule has 1 aromatic carbocycles. The number of aromatic carboxylic acids is 1. The lowest BCUT2D eigenvalue weighted by Crippen LogP contribution is -2.32. The molecule has 2 aromatic heterocycles. The van der Waals surface area contributed by atoms with E-state index in [0.717, 1.165) is 16.9 Å². The molecule has 2 unspecified atom stereocenters. The number of nitrogens with one attached hydrogen (secondary N) is 1. The first-order valence-electron chi connectivity index (χ1n) is 9.04. The minimum atomic E-state index is -1.18. The number of hydrogen-bond acceptors (Lipinski definition) is 5. The molecule has 8 heteroatoms. The minimum absolute atomic E-state index is 0.104. The highest BCUT2D eigenvalue weighted by atomic mass is 32.1. The first-order valence-corrected chi connectivity index (χ1v) is 9.92. The molecule has 0 saturated heterocycles. The summed E-state index contributed by atoms with van der Waals surface area (Å²) < 4.78 is 1.22. The molecule has 7 nitrogen and oxygen atoms in total. The van der Waals surface area contributed by atoms with Crippen molar-refractivity contribution in [2.45, 2.75) is 38.8 Å². The van der Waals surface area contributed by atoms with E-state index >= 15 is 0 Å². The second-order valence-corrected chi connectivity index (χ2v) is 7.58. The van der Waals surface area contributed by atoms with E-state index in [1.807, 2.05) is 29.6 Å². The molecule has 2 N–H and O–H groups in total. The van der Waals surface area contributed by atoms with Crippen LogP contribution in [-0.4, -0.2) is 32.0 Å². The number of carbonyl (C=O) groups is 2. The van der Waals surface area contributed by atoms with Gasteiger partial charge in [-0.25, -0.2) is 9.48 Å². The Morgan fingerprint density at radius 3 is 2.50 bits per heavy atom. The Balaban J connectivity index is 1.77. The predicted molar refractivity (Wildman–Crippen MR) is 106 cm³/mol. The van der Waals surface area contributed by atoms with Crippen molar-refractivity contribution >= 4 is 23.2 Å². The van der Waals surface area contributed by atoms with Gasteiger partial charge < -0.3 is 10.4 Å². The van der Waals surface area contributed by atoms with Gasteiger partial charge in [0.2, 0.25) is 5.91 Å². The van der Waals surface area contributed by atoms with Gasteiger partial charge in [-0.1, -0.05) is 49.4 Å². The first kappa shape index (κ1) is 19.8. The average molecular weight is 398 g/mol. The third kappa shape index (κ3) is 4.64. The van der Waals surface area contributed by atoms with Gasteiger partial charge in [0.1, 0.15) is 6.54 Å². The van der Waals surface area contributed by atoms with E-state index in [4.69, 9.17) is 5.11 Å². The smallest absolute Gasteiger partial charge is 0.358 e. The summed E-state index contributed by atoms with van der Waals surface area (Å²) in [5.41, 5.74) is 2.07. The molecule has 0 saturated carbocycles. The van der Waals surface area contributed by atoms with Crippen LogP contribution in [0.15, 0.2) is 48.0 Å². The molecule has 146 valence electrons. The molecule has 0 bridgehead atoms. The maximum Gasteiger partial charge on any atom is 0.358 e. The molecule has 0 aliphatic rings. The largest absolute Gasteiger partial charge is 0.476 e. The Morgan fingerprint density at radius 2 is 1.93 bits per heavy atom. The average Bonchev–Trinajstić information content (AvgIpc) is 3.38. The van der Waals surface area contributed by atoms with Crippen molar-refractivity contribution in [1.82, 2.24) is 20.3 Å². The lowest BCUT2D eigenvalue weighted by molar-refractivity contribution is -0.122. The monoisotopic (exact) mass is 398 g/mol. The third-order valence-electron chi connectivity index (χ3n) is 4.65. The fourth-order valence-corrected chi connectivity index (χ4v) is 3.66. The minimum Gasteiger partial charge on any atom is -0.476 e. The number of aromatic nitrogens is 3. The second kappa shape index (κ2) is 8.79. The van der Waals surface area contributed by atoms with E-state index in [0.29, 0.717) is 5.92 Å². The van der Waals surface area contributed by atoms with Gasteiger partial charge in [0.05, 0.1) is 12.2 Å². The lowest BCUT2D eigenvalue weighted by atomic mass is 9.95. The number of amides is 1. The normalized spacial score (nSPS) is 13.1. The predicted octanol–water partition coefficient (Wildman–Crippen LogP) is 3.46. The molecule has 1 amide bonds. The van der Waals surface area contributed by atoms with Crippen LogP contribution >= 0.6 is 11.3 Å². The topological polar surface area (TPSA) is 97.1 Å². The van der Waals surface area contributed by atoms with Crippen molar-refractivity contribution in [3.05, 3.63) is 69.7 Å². The van der Waals surface area contributed by atoms with E-state index in [1.165, 1.54) is 16.4 Å². The molecule has 0 aliphatic carbocycles. The van der Waals surface area contributed by atoms with E-state index in [2.05, 4.69) is 41.6 Å². The highest BCUT2D eigenvalue weighted by Crippen LogP contribution is 2.28. The van der Waals surface area contributed by atoms with Gasteiger partial charge in [0, 0.05) is 4.88 Å². The molecular weight excluding hydrogens is 376 g/mol. The van der Waals surface area contributed by atoms with Crippen molar-refractivity contribution < 1.29 is 14.7 Å². The molecular formula is C20H22N4O3S. The Kier molecular flexibility index (Phi) is 6.20. The molecule has 3 rings (SSSR count). The van der Waals surface area contributed by atoms with Crippen molar-refractivity contribution in [3.63, 3.8) is 0 Å². The molecule has 0 spiro atoms. The number of carboxylic acid groups (broad SMARTS) is 1. The number of carboxylic acids is 1. The highest BCUT2D eigenvalue weighted by molar-refractivity contribution is 7.10. The molecule has 2 atom stereocenters. The van der Waals surface area contributed by atoms with Gasteiger partial charge >= 0.3 is 5.97 Å². The number of nitrogens with zero attached hydrogens (tertiary/aromatic N) is 3. The summed E-state index contributed by atoms with van der Waals surface area (Å²) in [4.78, 5) is 24.5. The van der Waals surface area contributed by atoms with Gasteiger partial charge in [0.15, 0.2) is 5.69 Å². The molecule has 0 radical (unpaired) electrons. The first-order chi connectivity index (χ1) is 13.5. The van der Waals surface area contributed by atoms with Crippen LogP contribution in [0.4, 0.5) is 0 Å². The van der Waals surface area contributed by atoms with E-state index in [-0.39, 0.29) is 24.2 Å². The maximum absolute atomic E-state index is 12.5. The van der Waals surface area contributed by atoms with Gasteiger partial charge in [-0.05, 0) is 34.9 Å². The summed E-state index contributed by atoms with van der Waals surface area (Å²) in [6.45, 7) is 4.25. The standard InChI is InChI=1S/C20H22N4O3S/c1-3-13(2)14-6-8-15(9-7-14)19(17-5-4-10-28-17)21-18(25)12-24-11-16(20(26)27)22-23-24/h4-11,13,19H,3,12H2,1-2H3,(H,21,25)(H,26,27). The number of carbonyl (C=O) groups excluding carboxylic acids is 1. The molecule has 28 heavy (non-hydrogen) atoms. The van der Waals surface area contributed by atoms with Crippen LogP contribution in [0, 0.1) is 0 Å². The Bertz CT molecular complexity index is 935. The second-order valence-electron chi connectivity index (χ2n) is 6.60. The van der Waals surface area contributed by atoms with Gasteiger partial charge in [-0.3, -0.25) is 4.79 Å². The SMILES string of the molecule is CCC(C)c1ccc(C(NC(=O)Cn2cc(C(=O)O)nn2)c2cccs2)cc1. The van der Waals surface area contributed by atoms with Crippen LogP contribution in [0.5, 0.6) is 0 Å². The summed E-state index contributed by atoms with van der Waals surface area (Å²) in [5.74, 6) is -0.963. The van der Waals surface area contributed by atoms with Crippen LogP contribution < -0.4 is 5.32 Å². The fraction of sp³-hybridized carbons (Fsp3) is 0.300. The molecule has 3 aromatic rings. The number of thiophene rings is 1. The Hall–Kier alpha value is -3.00. The fourth-order valence-electron chi connectivity index (χ4n) is 2.85. The zero-order chi connectivity index (χ0) is 20.1. The van der Waals surface area contributed by atoms with E-state index in [9.17, 15) is 9.59 Å². The summed E-state index contributed by atoms with van der Waals surface area (Å²) >= 11 is 1.57. The number of hydrogen-bond donors (Lipinski definition) is 2. The van der Waals surface area contributed by atoms with Crippen molar-refractivity contribution in [2.24, 2.45) is 0 Å². The van der Waals surface area contributed by atoms with Crippen molar-refractivity contribution in [2.75, 3.05) is 0 Å². The van der Waals surface area contributed by atoms with Crippen LogP contribution in [0.25, 0.3) is 0 Å². The van der Waals surface area contributed by atoms with Crippen LogP contribution in [0.3, 0.4) is 0 Å². The van der Waals surface area contributed by atoms with E-state index in [1.54, 1.807) is 11.3 Å². The Morgan fingerprint density at radius 1 is 1.21 bits per heavy atom.